The van der Waals surface area contributed by atoms with Gasteiger partial charge < -0.3 is 5.11 Å². The van der Waals surface area contributed by atoms with Crippen LogP contribution in [0.5, 0.6) is 5.75 Å². The predicted molar refractivity (Wildman–Crippen MR) is 92.5 cm³/mol. The first-order chi connectivity index (χ1) is 10.3. The third-order valence-electron chi connectivity index (χ3n) is 5.44. The van der Waals surface area contributed by atoms with Crippen molar-refractivity contribution in [3.8, 4) is 5.75 Å². The quantitative estimate of drug-likeness (QED) is 0.750. The molecule has 0 aliphatic heterocycles. The van der Waals surface area contributed by atoms with Gasteiger partial charge in [0, 0.05) is 5.39 Å². The molecule has 1 aromatic heterocycles. The van der Waals surface area contributed by atoms with Crippen molar-refractivity contribution in [2.45, 2.75) is 40.0 Å². The number of allylic oxidation sites excluding steroid dienone is 4. The maximum atomic E-state index is 10.1. The Labute approximate surface area is 136 Å². The van der Waals surface area contributed by atoms with E-state index in [9.17, 15) is 5.11 Å². The van der Waals surface area contributed by atoms with Gasteiger partial charge >= 0.3 is 0 Å². The van der Waals surface area contributed by atoms with E-state index in [4.69, 9.17) is 16.6 Å². The van der Waals surface area contributed by atoms with Gasteiger partial charge in [-0.3, -0.25) is 0 Å². The van der Waals surface area contributed by atoms with Crippen LogP contribution in [0.15, 0.2) is 46.6 Å². The molecule has 1 N–H and O–H groups in total. The van der Waals surface area contributed by atoms with E-state index in [1.165, 1.54) is 22.3 Å². The van der Waals surface area contributed by atoms with Crippen molar-refractivity contribution in [1.82, 2.24) is 4.98 Å². The minimum atomic E-state index is -0.318. The van der Waals surface area contributed by atoms with E-state index in [0.717, 1.165) is 11.1 Å². The molecule has 2 nitrogen and oxygen atoms in total. The second-order valence-electron chi connectivity index (χ2n) is 6.29. The normalized spacial score (nSPS) is 17.7. The van der Waals surface area contributed by atoms with Gasteiger partial charge in [0.1, 0.15) is 11.3 Å². The summed E-state index contributed by atoms with van der Waals surface area (Å²) in [5, 5.41) is 11.6. The summed E-state index contributed by atoms with van der Waals surface area (Å²) >= 11 is 6.56. The Kier molecular flexibility index (Phi) is 3.33. The molecule has 1 aliphatic carbocycles. The molecule has 1 aliphatic rings. The zero-order chi connectivity index (χ0) is 16.2. The van der Waals surface area contributed by atoms with Crippen LogP contribution in [0.2, 0.25) is 5.02 Å². The van der Waals surface area contributed by atoms with E-state index in [2.05, 4.69) is 34.6 Å². The molecular formula is C19H20ClNO. The van der Waals surface area contributed by atoms with Crippen molar-refractivity contribution < 1.29 is 5.11 Å². The number of hydrogen-bond acceptors (Lipinski definition) is 2. The van der Waals surface area contributed by atoms with Gasteiger partial charge in [0.15, 0.2) is 0 Å². The average molecular weight is 314 g/mol. The summed E-state index contributed by atoms with van der Waals surface area (Å²) in [7, 11) is 0. The first kappa shape index (κ1) is 15.1. The van der Waals surface area contributed by atoms with Gasteiger partial charge in [-0.1, -0.05) is 34.9 Å². The van der Waals surface area contributed by atoms with Crippen LogP contribution in [0, 0.1) is 0 Å². The number of aromatic nitrogens is 1. The highest BCUT2D eigenvalue weighted by atomic mass is 35.5. The molecule has 1 aromatic carbocycles. The van der Waals surface area contributed by atoms with Crippen molar-refractivity contribution in [2.24, 2.45) is 0 Å². The van der Waals surface area contributed by atoms with Crippen molar-refractivity contribution >= 4 is 22.5 Å². The molecule has 0 atom stereocenters. The first-order valence-electron chi connectivity index (χ1n) is 7.43. The van der Waals surface area contributed by atoms with Crippen molar-refractivity contribution in [2.75, 3.05) is 0 Å². The lowest BCUT2D eigenvalue weighted by atomic mass is 9.76. The smallest absolute Gasteiger partial charge is 0.141 e. The molecule has 0 saturated carbocycles. The number of fused-ring (bicyclic) bond motifs is 1. The Morgan fingerprint density at radius 2 is 1.64 bits per heavy atom. The van der Waals surface area contributed by atoms with Crippen LogP contribution >= 0.6 is 11.6 Å². The second-order valence-corrected chi connectivity index (χ2v) is 6.70. The van der Waals surface area contributed by atoms with Gasteiger partial charge in [-0.2, -0.15) is 0 Å². The highest BCUT2D eigenvalue weighted by Crippen LogP contribution is 2.50. The molecule has 0 fully saturated rings. The van der Waals surface area contributed by atoms with Gasteiger partial charge in [0.25, 0.3) is 0 Å². The summed E-state index contributed by atoms with van der Waals surface area (Å²) in [6.07, 6.45) is 0. The molecule has 0 unspecified atom stereocenters. The maximum Gasteiger partial charge on any atom is 0.141 e. The van der Waals surface area contributed by atoms with Crippen LogP contribution in [-0.2, 0) is 5.41 Å². The third kappa shape index (κ3) is 1.83. The molecule has 0 bridgehead atoms. The van der Waals surface area contributed by atoms with E-state index in [-0.39, 0.29) is 11.2 Å². The van der Waals surface area contributed by atoms with E-state index >= 15 is 0 Å². The standard InChI is InChI=1S/C19H20ClNO/c1-10-11(2)13(4)19(5,12(10)3)18-15(20)9-14-7-6-8-16(22)17(14)21-18/h6-9,22H,1-5H3. The number of hydrogen-bond donors (Lipinski definition) is 1. The molecule has 3 heteroatoms. The number of para-hydroxylation sites is 1. The summed E-state index contributed by atoms with van der Waals surface area (Å²) < 4.78 is 0. The fourth-order valence-corrected chi connectivity index (χ4v) is 3.81. The number of rotatable bonds is 1. The van der Waals surface area contributed by atoms with Crippen molar-refractivity contribution in [3.05, 3.63) is 57.3 Å². The van der Waals surface area contributed by atoms with Gasteiger partial charge in [-0.15, -0.1) is 0 Å². The topological polar surface area (TPSA) is 33.1 Å². The molecule has 1 heterocycles. The summed E-state index contributed by atoms with van der Waals surface area (Å²) in [4.78, 5) is 4.75. The Bertz CT molecular complexity index is 837. The largest absolute Gasteiger partial charge is 0.506 e. The van der Waals surface area contributed by atoms with Gasteiger partial charge in [-0.25, -0.2) is 4.98 Å². The number of halogens is 1. The molecule has 0 spiro atoms. The highest BCUT2D eigenvalue weighted by molar-refractivity contribution is 6.32. The lowest BCUT2D eigenvalue weighted by Crippen LogP contribution is -2.25. The summed E-state index contributed by atoms with van der Waals surface area (Å²) in [6, 6.07) is 7.27. The number of nitrogens with zero attached hydrogens (tertiary/aromatic N) is 1. The SMILES string of the molecule is CC1=C(C)C(C)(c2nc3c(O)cccc3cc2Cl)C(C)=C1C. The monoisotopic (exact) mass is 313 g/mol. The van der Waals surface area contributed by atoms with E-state index in [1.807, 2.05) is 12.1 Å². The Balaban J connectivity index is 2.36. The Morgan fingerprint density at radius 1 is 1.05 bits per heavy atom. The number of phenols is 1. The highest BCUT2D eigenvalue weighted by Gasteiger charge is 2.40. The second kappa shape index (κ2) is 4.85. The number of benzene rings is 1. The maximum absolute atomic E-state index is 10.1. The Hall–Kier alpha value is -1.80. The predicted octanol–water partition coefficient (Wildman–Crippen LogP) is 5.54. The molecule has 22 heavy (non-hydrogen) atoms. The summed E-state index contributed by atoms with van der Waals surface area (Å²) in [6.45, 7) is 10.7. The molecule has 0 saturated heterocycles. The molecule has 3 rings (SSSR count). The lowest BCUT2D eigenvalue weighted by Gasteiger charge is -2.30. The van der Waals surface area contributed by atoms with Crippen LogP contribution in [-0.4, -0.2) is 10.1 Å². The molecule has 2 aromatic rings. The molecule has 0 amide bonds. The molecular weight excluding hydrogens is 294 g/mol. The minimum Gasteiger partial charge on any atom is -0.506 e. The average Bonchev–Trinajstić information content (AvgIpc) is 2.63. The fraction of sp³-hybridized carbons (Fsp3) is 0.316. The number of pyridine rings is 1. The molecule has 0 radical (unpaired) electrons. The number of phenolic OH excluding ortho intramolecular Hbond substituents is 1. The van der Waals surface area contributed by atoms with Crippen molar-refractivity contribution in [3.63, 3.8) is 0 Å². The van der Waals surface area contributed by atoms with Gasteiger partial charge in [-0.05, 0) is 57.9 Å². The minimum absolute atomic E-state index is 0.189. The molecule has 114 valence electrons. The van der Waals surface area contributed by atoms with Gasteiger partial charge in [0.05, 0.1) is 16.1 Å². The zero-order valence-electron chi connectivity index (χ0n) is 13.6. The van der Waals surface area contributed by atoms with Crippen LogP contribution in [0.3, 0.4) is 0 Å². The van der Waals surface area contributed by atoms with Crippen LogP contribution in [0.1, 0.15) is 40.3 Å². The third-order valence-corrected chi connectivity index (χ3v) is 5.73. The first-order valence-corrected chi connectivity index (χ1v) is 7.81. The van der Waals surface area contributed by atoms with Crippen LogP contribution in [0.4, 0.5) is 0 Å². The lowest BCUT2D eigenvalue weighted by molar-refractivity contribution is 0.480. The van der Waals surface area contributed by atoms with E-state index < -0.39 is 0 Å². The fourth-order valence-electron chi connectivity index (χ4n) is 3.46. The van der Waals surface area contributed by atoms with Crippen LogP contribution < -0.4 is 0 Å². The van der Waals surface area contributed by atoms with E-state index in [1.54, 1.807) is 12.1 Å². The van der Waals surface area contributed by atoms with Gasteiger partial charge in [0.2, 0.25) is 0 Å². The van der Waals surface area contributed by atoms with Crippen LogP contribution in [0.25, 0.3) is 10.9 Å². The van der Waals surface area contributed by atoms with E-state index in [0.29, 0.717) is 10.5 Å². The summed E-state index contributed by atoms with van der Waals surface area (Å²) in [5.41, 5.74) is 6.24. The van der Waals surface area contributed by atoms with Crippen molar-refractivity contribution in [1.29, 1.82) is 0 Å². The zero-order valence-corrected chi connectivity index (χ0v) is 14.3. The number of aromatic hydroxyl groups is 1. The Morgan fingerprint density at radius 3 is 2.23 bits per heavy atom. The summed E-state index contributed by atoms with van der Waals surface area (Å²) in [5.74, 6) is 0.189.